The van der Waals surface area contributed by atoms with Crippen LogP contribution in [-0.4, -0.2) is 46.9 Å². The molecule has 1 atom stereocenters. The molecule has 3 rings (SSSR count). The van der Waals surface area contributed by atoms with E-state index in [1.54, 1.807) is 11.3 Å². The van der Waals surface area contributed by atoms with E-state index in [1.807, 2.05) is 28.6 Å². The number of rotatable bonds is 5. The molecule has 5 heteroatoms. The van der Waals surface area contributed by atoms with Crippen LogP contribution in [0.25, 0.3) is 0 Å². The summed E-state index contributed by atoms with van der Waals surface area (Å²) in [5, 5.41) is 0. The van der Waals surface area contributed by atoms with Gasteiger partial charge in [-0.05, 0) is 18.4 Å². The fraction of sp³-hybridized carbons (Fsp3) is 0.474. The Balaban J connectivity index is 1.47. The van der Waals surface area contributed by atoms with Crippen molar-refractivity contribution in [3.05, 3.63) is 52.0 Å². The van der Waals surface area contributed by atoms with E-state index in [-0.39, 0.29) is 11.8 Å². The molecule has 0 saturated carbocycles. The number of hydrogen-bond acceptors (Lipinski definition) is 4. The molecule has 0 unspecified atom stereocenters. The van der Waals surface area contributed by atoms with E-state index in [9.17, 15) is 4.79 Å². The average molecular weight is 343 g/mol. The van der Waals surface area contributed by atoms with E-state index in [0.717, 1.165) is 38.4 Å². The van der Waals surface area contributed by atoms with Gasteiger partial charge < -0.3 is 4.90 Å². The molecule has 1 amide bonds. The zero-order valence-corrected chi connectivity index (χ0v) is 15.3. The highest BCUT2D eigenvalue weighted by Gasteiger charge is 2.23. The number of amides is 1. The van der Waals surface area contributed by atoms with E-state index in [4.69, 9.17) is 0 Å². The Morgan fingerprint density at radius 2 is 1.92 bits per heavy atom. The number of carbonyl (C=O) groups excluding carboxylic acids is 1. The lowest BCUT2D eigenvalue weighted by Crippen LogP contribution is -2.48. The standard InChI is InChI=1S/C19H25N3OS/c1-15(17-6-4-3-5-7-17)12-19(23)22-10-8-21(9-11-22)13-18-16(2)20-14-24-18/h3-7,14-15H,8-13H2,1-2H3/t15-/m0/s1. The molecular formula is C19H25N3OS. The van der Waals surface area contributed by atoms with Crippen molar-refractivity contribution >= 4 is 17.2 Å². The van der Waals surface area contributed by atoms with Gasteiger partial charge in [0.15, 0.2) is 0 Å². The molecule has 1 aromatic carbocycles. The lowest BCUT2D eigenvalue weighted by molar-refractivity contribution is -0.133. The van der Waals surface area contributed by atoms with E-state index >= 15 is 0 Å². The largest absolute Gasteiger partial charge is 0.340 e. The van der Waals surface area contributed by atoms with Crippen LogP contribution in [-0.2, 0) is 11.3 Å². The van der Waals surface area contributed by atoms with E-state index in [1.165, 1.54) is 10.4 Å². The third-order valence-corrected chi connectivity index (χ3v) is 5.71. The normalized spacial score (nSPS) is 17.0. The van der Waals surface area contributed by atoms with Gasteiger partial charge in [-0.3, -0.25) is 9.69 Å². The molecule has 0 N–H and O–H groups in total. The number of nitrogens with zero attached hydrogens (tertiary/aromatic N) is 3. The molecule has 24 heavy (non-hydrogen) atoms. The van der Waals surface area contributed by atoms with Gasteiger partial charge in [-0.2, -0.15) is 0 Å². The van der Waals surface area contributed by atoms with Gasteiger partial charge in [-0.25, -0.2) is 4.98 Å². The van der Waals surface area contributed by atoms with E-state index < -0.39 is 0 Å². The van der Waals surface area contributed by atoms with E-state index in [2.05, 4.69) is 35.9 Å². The summed E-state index contributed by atoms with van der Waals surface area (Å²) in [6, 6.07) is 10.3. The summed E-state index contributed by atoms with van der Waals surface area (Å²) in [6.45, 7) is 8.72. The summed E-state index contributed by atoms with van der Waals surface area (Å²) in [5.41, 5.74) is 4.29. The van der Waals surface area contributed by atoms with Gasteiger partial charge in [0.25, 0.3) is 0 Å². The molecule has 1 saturated heterocycles. The first-order valence-corrected chi connectivity index (χ1v) is 9.45. The quantitative estimate of drug-likeness (QED) is 0.836. The monoisotopic (exact) mass is 343 g/mol. The maximum Gasteiger partial charge on any atom is 0.223 e. The molecule has 0 radical (unpaired) electrons. The fourth-order valence-electron chi connectivity index (χ4n) is 3.13. The SMILES string of the molecule is Cc1ncsc1CN1CCN(C(=O)C[C@H](C)c2ccccc2)CC1. The number of piperazine rings is 1. The first-order chi connectivity index (χ1) is 11.6. The maximum absolute atomic E-state index is 12.6. The topological polar surface area (TPSA) is 36.4 Å². The molecule has 2 heterocycles. The number of hydrogen-bond donors (Lipinski definition) is 0. The Labute approximate surface area is 148 Å². The molecule has 4 nitrogen and oxygen atoms in total. The molecule has 2 aromatic rings. The van der Waals surface area contributed by atoms with Crippen LogP contribution in [0.1, 0.15) is 35.4 Å². The minimum absolute atomic E-state index is 0.275. The second-order valence-electron chi connectivity index (χ2n) is 6.53. The van der Waals surface area contributed by atoms with Crippen LogP contribution >= 0.6 is 11.3 Å². The number of aryl methyl sites for hydroxylation is 1. The van der Waals surface area contributed by atoms with Crippen LogP contribution in [0.2, 0.25) is 0 Å². The molecule has 128 valence electrons. The van der Waals surface area contributed by atoms with Crippen molar-refractivity contribution < 1.29 is 4.79 Å². The molecule has 1 aromatic heterocycles. The van der Waals surface area contributed by atoms with E-state index in [0.29, 0.717) is 6.42 Å². The molecule has 0 aliphatic carbocycles. The van der Waals surface area contributed by atoms with Crippen LogP contribution in [0.5, 0.6) is 0 Å². The number of carbonyl (C=O) groups is 1. The smallest absolute Gasteiger partial charge is 0.223 e. The fourth-order valence-corrected chi connectivity index (χ4v) is 3.95. The lowest BCUT2D eigenvalue weighted by atomic mass is 9.97. The van der Waals surface area contributed by atoms with Crippen molar-refractivity contribution in [2.75, 3.05) is 26.2 Å². The molecule has 1 aliphatic heterocycles. The highest BCUT2D eigenvalue weighted by Crippen LogP contribution is 2.21. The zero-order valence-electron chi connectivity index (χ0n) is 14.4. The summed E-state index contributed by atoms with van der Waals surface area (Å²) in [6.07, 6.45) is 0.595. The summed E-state index contributed by atoms with van der Waals surface area (Å²) in [4.78, 5) is 22.7. The van der Waals surface area contributed by atoms with Crippen molar-refractivity contribution in [2.45, 2.75) is 32.7 Å². The van der Waals surface area contributed by atoms with Crippen LogP contribution in [0.15, 0.2) is 35.8 Å². The molecule has 1 fully saturated rings. The van der Waals surface area contributed by atoms with Gasteiger partial charge in [0, 0.05) is 44.0 Å². The average Bonchev–Trinajstić information content (AvgIpc) is 3.01. The number of thiazole rings is 1. The van der Waals surface area contributed by atoms with Crippen molar-refractivity contribution in [1.29, 1.82) is 0 Å². The van der Waals surface area contributed by atoms with Crippen LogP contribution in [0, 0.1) is 6.92 Å². The highest BCUT2D eigenvalue weighted by molar-refractivity contribution is 7.09. The summed E-state index contributed by atoms with van der Waals surface area (Å²) >= 11 is 1.72. The van der Waals surface area contributed by atoms with Crippen LogP contribution < -0.4 is 0 Å². The lowest BCUT2D eigenvalue weighted by Gasteiger charge is -2.35. The minimum atomic E-state index is 0.275. The van der Waals surface area contributed by atoms with Crippen molar-refractivity contribution in [3.63, 3.8) is 0 Å². The van der Waals surface area contributed by atoms with Crippen molar-refractivity contribution in [1.82, 2.24) is 14.8 Å². The first kappa shape index (κ1) is 17.1. The zero-order chi connectivity index (χ0) is 16.9. The molecule has 1 aliphatic rings. The summed E-state index contributed by atoms with van der Waals surface area (Å²) in [7, 11) is 0. The van der Waals surface area contributed by atoms with Crippen molar-refractivity contribution in [2.24, 2.45) is 0 Å². The molecule has 0 bridgehead atoms. The Kier molecular flexibility index (Phi) is 5.63. The first-order valence-electron chi connectivity index (χ1n) is 8.57. The predicted molar refractivity (Wildman–Crippen MR) is 98.2 cm³/mol. The predicted octanol–water partition coefficient (Wildman–Crippen LogP) is 3.29. The minimum Gasteiger partial charge on any atom is -0.340 e. The second kappa shape index (κ2) is 7.90. The Bertz CT molecular complexity index is 662. The van der Waals surface area contributed by atoms with Gasteiger partial charge in [0.1, 0.15) is 0 Å². The van der Waals surface area contributed by atoms with Gasteiger partial charge >= 0.3 is 0 Å². The van der Waals surface area contributed by atoms with Gasteiger partial charge in [-0.15, -0.1) is 11.3 Å². The Morgan fingerprint density at radius 3 is 2.54 bits per heavy atom. The third-order valence-electron chi connectivity index (χ3n) is 4.79. The van der Waals surface area contributed by atoms with Crippen LogP contribution in [0.3, 0.4) is 0 Å². The Morgan fingerprint density at radius 1 is 1.21 bits per heavy atom. The maximum atomic E-state index is 12.6. The number of benzene rings is 1. The van der Waals surface area contributed by atoms with Crippen molar-refractivity contribution in [3.8, 4) is 0 Å². The van der Waals surface area contributed by atoms with Gasteiger partial charge in [-0.1, -0.05) is 37.3 Å². The molecular weight excluding hydrogens is 318 g/mol. The van der Waals surface area contributed by atoms with Gasteiger partial charge in [0.2, 0.25) is 5.91 Å². The van der Waals surface area contributed by atoms with Crippen LogP contribution in [0.4, 0.5) is 0 Å². The highest BCUT2D eigenvalue weighted by atomic mass is 32.1. The third kappa shape index (κ3) is 4.22. The Hall–Kier alpha value is -1.72. The molecule has 0 spiro atoms. The second-order valence-corrected chi connectivity index (χ2v) is 7.47. The summed E-state index contributed by atoms with van der Waals surface area (Å²) < 4.78 is 0. The number of aromatic nitrogens is 1. The summed E-state index contributed by atoms with van der Waals surface area (Å²) in [5.74, 6) is 0.552. The van der Waals surface area contributed by atoms with Gasteiger partial charge in [0.05, 0.1) is 11.2 Å².